The number of benzene rings is 1. The summed E-state index contributed by atoms with van der Waals surface area (Å²) in [5.74, 6) is -0.379. The Balaban J connectivity index is 2.10. The third kappa shape index (κ3) is 3.29. The molecular formula is C22H27NO3S. The van der Waals surface area contributed by atoms with E-state index in [1.54, 1.807) is 35.6 Å². The summed E-state index contributed by atoms with van der Waals surface area (Å²) in [5, 5.41) is 13.4. The van der Waals surface area contributed by atoms with E-state index in [4.69, 9.17) is 4.74 Å². The Kier molecular flexibility index (Phi) is 4.93. The van der Waals surface area contributed by atoms with Crippen LogP contribution in [0.2, 0.25) is 0 Å². The van der Waals surface area contributed by atoms with Crippen molar-refractivity contribution >= 4 is 23.0 Å². The highest BCUT2D eigenvalue weighted by Gasteiger charge is 2.41. The first-order chi connectivity index (χ1) is 12.6. The summed E-state index contributed by atoms with van der Waals surface area (Å²) in [6.45, 7) is 11.3. The molecule has 0 saturated heterocycles. The number of rotatable bonds is 3. The smallest absolute Gasteiger partial charge is 0.337 e. The van der Waals surface area contributed by atoms with E-state index in [-0.39, 0.29) is 16.8 Å². The van der Waals surface area contributed by atoms with Gasteiger partial charge in [-0.25, -0.2) is 4.79 Å². The predicted molar refractivity (Wildman–Crippen MR) is 110 cm³/mol. The molecule has 1 aliphatic rings. The molecule has 27 heavy (non-hydrogen) atoms. The molecule has 0 bridgehead atoms. The van der Waals surface area contributed by atoms with Crippen LogP contribution in [0.4, 0.5) is 0 Å². The second-order valence-corrected chi connectivity index (χ2v) is 9.57. The van der Waals surface area contributed by atoms with Crippen LogP contribution in [0.3, 0.4) is 0 Å². The molecule has 4 nitrogen and oxygen atoms in total. The number of hydrogen-bond acceptors (Lipinski definition) is 5. The highest BCUT2D eigenvalue weighted by molar-refractivity contribution is 7.15. The molecule has 1 aromatic carbocycles. The van der Waals surface area contributed by atoms with Crippen molar-refractivity contribution < 1.29 is 14.7 Å². The van der Waals surface area contributed by atoms with Gasteiger partial charge >= 0.3 is 5.97 Å². The van der Waals surface area contributed by atoms with Crippen LogP contribution in [-0.4, -0.2) is 24.0 Å². The van der Waals surface area contributed by atoms with E-state index >= 15 is 0 Å². The summed E-state index contributed by atoms with van der Waals surface area (Å²) in [4.78, 5) is 14.0. The highest BCUT2D eigenvalue weighted by atomic mass is 32.1. The molecule has 0 unspecified atom stereocenters. The Morgan fingerprint density at radius 3 is 2.15 bits per heavy atom. The molecule has 1 heterocycles. The Morgan fingerprint density at radius 2 is 1.63 bits per heavy atom. The van der Waals surface area contributed by atoms with Crippen LogP contribution < -0.4 is 0 Å². The number of oxime groups is 1. The van der Waals surface area contributed by atoms with Crippen molar-refractivity contribution in [3.8, 4) is 0 Å². The van der Waals surface area contributed by atoms with Gasteiger partial charge in [-0.05, 0) is 53.9 Å². The number of fused-ring (bicyclic) bond motifs is 1. The molecule has 0 radical (unpaired) electrons. The second kappa shape index (κ2) is 6.79. The standard InChI is InChI=1S/C22H27NO3S/c1-13-16-19(22(4,5)12-11-21(16,2)3)27-18(13)17(23-25)14-7-9-15(10-8-14)20(24)26-6/h7-10,25H,11-12H2,1-6H3/b23-17-. The third-order valence-corrected chi connectivity index (χ3v) is 7.37. The van der Waals surface area contributed by atoms with Crippen molar-refractivity contribution in [2.24, 2.45) is 5.16 Å². The predicted octanol–water partition coefficient (Wildman–Crippen LogP) is 5.42. The lowest BCUT2D eigenvalue weighted by molar-refractivity contribution is 0.0600. The fourth-order valence-electron chi connectivity index (χ4n) is 4.01. The first kappa shape index (κ1) is 19.6. The van der Waals surface area contributed by atoms with Crippen LogP contribution in [-0.2, 0) is 15.6 Å². The molecule has 1 aromatic heterocycles. The van der Waals surface area contributed by atoms with E-state index in [1.165, 1.54) is 23.1 Å². The van der Waals surface area contributed by atoms with Crippen LogP contribution in [0.1, 0.15) is 77.3 Å². The molecule has 0 aliphatic heterocycles. The van der Waals surface area contributed by atoms with Gasteiger partial charge in [0, 0.05) is 10.4 Å². The number of nitrogens with zero attached hydrogens (tertiary/aromatic N) is 1. The first-order valence-electron chi connectivity index (χ1n) is 9.18. The lowest BCUT2D eigenvalue weighted by atomic mass is 9.66. The van der Waals surface area contributed by atoms with E-state index in [2.05, 4.69) is 39.8 Å². The van der Waals surface area contributed by atoms with E-state index in [1.807, 2.05) is 0 Å². The maximum Gasteiger partial charge on any atom is 0.337 e. The number of hydrogen-bond donors (Lipinski definition) is 1. The quantitative estimate of drug-likeness (QED) is 0.332. The van der Waals surface area contributed by atoms with Crippen molar-refractivity contribution in [1.82, 2.24) is 0 Å². The number of carbonyl (C=O) groups is 1. The molecule has 0 spiro atoms. The topological polar surface area (TPSA) is 58.9 Å². The highest BCUT2D eigenvalue weighted by Crippen LogP contribution is 2.51. The lowest BCUT2D eigenvalue weighted by Crippen LogP contribution is -2.32. The molecule has 1 aliphatic carbocycles. The molecule has 3 rings (SSSR count). The average Bonchev–Trinajstić information content (AvgIpc) is 2.99. The zero-order valence-corrected chi connectivity index (χ0v) is 17.7. The minimum Gasteiger partial charge on any atom is -0.465 e. The van der Waals surface area contributed by atoms with Gasteiger partial charge in [-0.2, -0.15) is 0 Å². The van der Waals surface area contributed by atoms with Crippen molar-refractivity contribution in [2.45, 2.75) is 58.3 Å². The van der Waals surface area contributed by atoms with Crippen molar-refractivity contribution in [1.29, 1.82) is 0 Å². The molecule has 0 amide bonds. The number of carbonyl (C=O) groups excluding carboxylic acids is 1. The molecule has 1 N–H and O–H groups in total. The first-order valence-corrected chi connectivity index (χ1v) is 9.99. The second-order valence-electron chi connectivity index (χ2n) is 8.55. The fourth-order valence-corrected chi connectivity index (χ4v) is 5.64. The van der Waals surface area contributed by atoms with Gasteiger partial charge in [0.1, 0.15) is 5.71 Å². The van der Waals surface area contributed by atoms with E-state index in [9.17, 15) is 10.0 Å². The van der Waals surface area contributed by atoms with Gasteiger partial charge in [-0.3, -0.25) is 0 Å². The Hall–Kier alpha value is -2.14. The largest absolute Gasteiger partial charge is 0.465 e. The summed E-state index contributed by atoms with van der Waals surface area (Å²) in [5.41, 5.74) is 4.62. The Labute approximate surface area is 164 Å². The zero-order valence-electron chi connectivity index (χ0n) is 16.8. The lowest BCUT2D eigenvalue weighted by Gasteiger charge is -2.39. The number of methoxy groups -OCH3 is 1. The molecule has 5 heteroatoms. The van der Waals surface area contributed by atoms with Gasteiger partial charge in [0.05, 0.1) is 17.6 Å². The van der Waals surface area contributed by atoms with Gasteiger partial charge in [0.2, 0.25) is 0 Å². The minimum absolute atomic E-state index is 0.110. The fraction of sp³-hybridized carbons (Fsp3) is 0.455. The number of ether oxygens (including phenoxy) is 1. The average molecular weight is 386 g/mol. The summed E-state index contributed by atoms with van der Waals surface area (Å²) in [6.07, 6.45) is 2.29. The van der Waals surface area contributed by atoms with Crippen LogP contribution >= 0.6 is 11.3 Å². The van der Waals surface area contributed by atoms with Gasteiger partial charge in [-0.1, -0.05) is 45.0 Å². The van der Waals surface area contributed by atoms with E-state index < -0.39 is 0 Å². The van der Waals surface area contributed by atoms with Gasteiger partial charge < -0.3 is 9.94 Å². The van der Waals surface area contributed by atoms with Crippen LogP contribution in [0, 0.1) is 6.92 Å². The third-order valence-electron chi connectivity index (χ3n) is 5.71. The van der Waals surface area contributed by atoms with E-state index in [0.29, 0.717) is 11.3 Å². The molecule has 144 valence electrons. The SMILES string of the molecule is COC(=O)c1ccc(/C(=N/O)c2sc3c(c2C)C(C)(C)CCC3(C)C)cc1. The summed E-state index contributed by atoms with van der Waals surface area (Å²) in [6, 6.07) is 7.00. The van der Waals surface area contributed by atoms with Crippen molar-refractivity contribution in [2.75, 3.05) is 7.11 Å². The summed E-state index contributed by atoms with van der Waals surface area (Å²) >= 11 is 1.73. The monoisotopic (exact) mass is 385 g/mol. The molecular weight excluding hydrogens is 358 g/mol. The van der Waals surface area contributed by atoms with Crippen molar-refractivity contribution in [3.63, 3.8) is 0 Å². The van der Waals surface area contributed by atoms with E-state index in [0.717, 1.165) is 23.3 Å². The van der Waals surface area contributed by atoms with Gasteiger partial charge in [0.15, 0.2) is 0 Å². The summed E-state index contributed by atoms with van der Waals surface area (Å²) < 4.78 is 4.75. The molecule has 0 fully saturated rings. The van der Waals surface area contributed by atoms with Crippen LogP contribution in [0.15, 0.2) is 29.4 Å². The van der Waals surface area contributed by atoms with Crippen LogP contribution in [0.5, 0.6) is 0 Å². The zero-order chi connectivity index (χ0) is 20.0. The maximum atomic E-state index is 11.7. The van der Waals surface area contributed by atoms with Gasteiger partial charge in [-0.15, -0.1) is 11.3 Å². The molecule has 0 atom stereocenters. The van der Waals surface area contributed by atoms with Crippen molar-refractivity contribution in [3.05, 3.63) is 56.3 Å². The minimum atomic E-state index is -0.379. The van der Waals surface area contributed by atoms with Gasteiger partial charge in [0.25, 0.3) is 0 Å². The Bertz CT molecular complexity index is 904. The number of thiophene rings is 1. The van der Waals surface area contributed by atoms with Crippen LogP contribution in [0.25, 0.3) is 0 Å². The molecule has 2 aromatic rings. The number of esters is 1. The molecule has 0 saturated carbocycles. The Morgan fingerprint density at radius 1 is 1.07 bits per heavy atom. The summed E-state index contributed by atoms with van der Waals surface area (Å²) in [7, 11) is 1.36. The maximum absolute atomic E-state index is 11.7. The normalized spacial score (nSPS) is 18.1.